The smallest absolute Gasteiger partial charge is 0.123 e. The maximum atomic E-state index is 5.37. The van der Waals surface area contributed by atoms with Gasteiger partial charge < -0.3 is 15.0 Å². The van der Waals surface area contributed by atoms with Gasteiger partial charge in [-0.2, -0.15) is 0 Å². The number of hydrogen-bond acceptors (Lipinski definition) is 3. The number of nitrogens with one attached hydrogen (secondary N) is 1. The van der Waals surface area contributed by atoms with Gasteiger partial charge in [-0.1, -0.05) is 18.2 Å². The first kappa shape index (κ1) is 12.4. The molecule has 3 heteroatoms. The summed E-state index contributed by atoms with van der Waals surface area (Å²) in [6, 6.07) is 8.91. The lowest BCUT2D eigenvalue weighted by molar-refractivity contribution is 0.287. The standard InChI is InChI=1S/C14H22N2O/c1-16(11-13-7-5-9-15-13)10-12-6-3-4-8-14(12)17-2/h3-4,6,8,13,15H,5,7,9-11H2,1-2H3. The maximum Gasteiger partial charge on any atom is 0.123 e. The molecule has 1 unspecified atom stereocenters. The van der Waals surface area contributed by atoms with Gasteiger partial charge in [0.15, 0.2) is 0 Å². The molecule has 0 saturated carbocycles. The molecule has 1 aromatic carbocycles. The van der Waals surface area contributed by atoms with Gasteiger partial charge in [0.2, 0.25) is 0 Å². The van der Waals surface area contributed by atoms with Gasteiger partial charge >= 0.3 is 0 Å². The summed E-state index contributed by atoms with van der Waals surface area (Å²) in [5.74, 6) is 0.985. The molecule has 0 bridgehead atoms. The summed E-state index contributed by atoms with van der Waals surface area (Å²) < 4.78 is 5.37. The first-order valence-corrected chi connectivity index (χ1v) is 6.33. The highest BCUT2D eigenvalue weighted by Gasteiger charge is 2.16. The van der Waals surface area contributed by atoms with E-state index in [1.165, 1.54) is 24.9 Å². The van der Waals surface area contributed by atoms with Gasteiger partial charge in [-0.3, -0.25) is 0 Å². The van der Waals surface area contributed by atoms with Gasteiger partial charge in [-0.05, 0) is 32.5 Å². The lowest BCUT2D eigenvalue weighted by Crippen LogP contribution is -2.35. The summed E-state index contributed by atoms with van der Waals surface area (Å²) >= 11 is 0. The van der Waals surface area contributed by atoms with Crippen molar-refractivity contribution in [3.05, 3.63) is 29.8 Å². The molecule has 1 N–H and O–H groups in total. The molecule has 1 aromatic rings. The van der Waals surface area contributed by atoms with Crippen molar-refractivity contribution in [2.24, 2.45) is 0 Å². The Morgan fingerprint density at radius 1 is 1.41 bits per heavy atom. The first-order chi connectivity index (χ1) is 8.29. The van der Waals surface area contributed by atoms with Crippen LogP contribution in [0.2, 0.25) is 0 Å². The molecule has 1 heterocycles. The van der Waals surface area contributed by atoms with Crippen LogP contribution < -0.4 is 10.1 Å². The Morgan fingerprint density at radius 2 is 2.24 bits per heavy atom. The normalized spacial score (nSPS) is 19.8. The number of rotatable bonds is 5. The van der Waals surface area contributed by atoms with E-state index < -0.39 is 0 Å². The van der Waals surface area contributed by atoms with Gasteiger partial charge in [-0.15, -0.1) is 0 Å². The summed E-state index contributed by atoms with van der Waals surface area (Å²) in [4.78, 5) is 2.36. The molecule has 1 atom stereocenters. The fraction of sp³-hybridized carbons (Fsp3) is 0.571. The second kappa shape index (κ2) is 6.03. The Labute approximate surface area is 104 Å². The summed E-state index contributed by atoms with van der Waals surface area (Å²) in [6.07, 6.45) is 2.61. The number of hydrogen-bond donors (Lipinski definition) is 1. The second-order valence-electron chi connectivity index (χ2n) is 4.80. The van der Waals surface area contributed by atoms with Gasteiger partial charge in [0.05, 0.1) is 7.11 Å². The summed E-state index contributed by atoms with van der Waals surface area (Å²) in [5, 5.41) is 3.53. The molecule has 1 aliphatic heterocycles. The maximum absolute atomic E-state index is 5.37. The van der Waals surface area contributed by atoms with Crippen molar-refractivity contribution in [2.75, 3.05) is 27.2 Å². The molecule has 1 saturated heterocycles. The molecule has 1 fully saturated rings. The van der Waals surface area contributed by atoms with Crippen molar-refractivity contribution in [3.63, 3.8) is 0 Å². The molecule has 1 aliphatic rings. The monoisotopic (exact) mass is 234 g/mol. The SMILES string of the molecule is COc1ccccc1CN(C)CC1CCCN1. The first-order valence-electron chi connectivity index (χ1n) is 6.33. The summed E-state index contributed by atoms with van der Waals surface area (Å²) in [6.45, 7) is 3.23. The number of ether oxygens (including phenoxy) is 1. The Hall–Kier alpha value is -1.06. The summed E-state index contributed by atoms with van der Waals surface area (Å²) in [7, 11) is 3.91. The van der Waals surface area contributed by atoms with Crippen LogP contribution in [-0.2, 0) is 6.54 Å². The molecule has 17 heavy (non-hydrogen) atoms. The second-order valence-corrected chi connectivity index (χ2v) is 4.80. The van der Waals surface area contributed by atoms with Crippen molar-refractivity contribution < 1.29 is 4.74 Å². The molecule has 3 nitrogen and oxygen atoms in total. The van der Waals surface area contributed by atoms with E-state index in [0.29, 0.717) is 6.04 Å². The van der Waals surface area contributed by atoms with E-state index in [1.807, 2.05) is 12.1 Å². The van der Waals surface area contributed by atoms with Crippen LogP contribution in [0.15, 0.2) is 24.3 Å². The van der Waals surface area contributed by atoms with E-state index in [1.54, 1.807) is 7.11 Å². The number of methoxy groups -OCH3 is 1. The van der Waals surface area contributed by atoms with E-state index in [9.17, 15) is 0 Å². The minimum absolute atomic E-state index is 0.662. The third kappa shape index (κ3) is 3.45. The van der Waals surface area contributed by atoms with Crippen molar-refractivity contribution in [1.82, 2.24) is 10.2 Å². The molecule has 0 aliphatic carbocycles. The van der Waals surface area contributed by atoms with Crippen molar-refractivity contribution in [1.29, 1.82) is 0 Å². The van der Waals surface area contributed by atoms with E-state index in [4.69, 9.17) is 4.74 Å². The average Bonchev–Trinajstić information content (AvgIpc) is 2.82. The summed E-state index contributed by atoms with van der Waals surface area (Å²) in [5.41, 5.74) is 1.26. The zero-order valence-corrected chi connectivity index (χ0v) is 10.8. The van der Waals surface area contributed by atoms with E-state index in [2.05, 4.69) is 29.4 Å². The van der Waals surface area contributed by atoms with E-state index in [-0.39, 0.29) is 0 Å². The highest BCUT2D eigenvalue weighted by molar-refractivity contribution is 5.33. The average molecular weight is 234 g/mol. The van der Waals surface area contributed by atoms with Gasteiger partial charge in [0.1, 0.15) is 5.75 Å². The van der Waals surface area contributed by atoms with Crippen molar-refractivity contribution >= 4 is 0 Å². The molecule has 0 spiro atoms. The topological polar surface area (TPSA) is 24.5 Å². The molecule has 94 valence electrons. The molecule has 0 radical (unpaired) electrons. The lowest BCUT2D eigenvalue weighted by atomic mass is 10.1. The third-order valence-electron chi connectivity index (χ3n) is 3.33. The van der Waals surface area contributed by atoms with Crippen LogP contribution in [0.3, 0.4) is 0 Å². The Morgan fingerprint density at radius 3 is 2.94 bits per heavy atom. The number of benzene rings is 1. The van der Waals surface area contributed by atoms with E-state index in [0.717, 1.165) is 18.8 Å². The molecule has 2 rings (SSSR count). The minimum atomic E-state index is 0.662. The van der Waals surface area contributed by atoms with Crippen LogP contribution in [0.1, 0.15) is 18.4 Å². The largest absolute Gasteiger partial charge is 0.496 e. The third-order valence-corrected chi connectivity index (χ3v) is 3.33. The molecule has 0 aromatic heterocycles. The van der Waals surface area contributed by atoms with Gasteiger partial charge in [0, 0.05) is 24.7 Å². The van der Waals surface area contributed by atoms with Crippen LogP contribution in [0.4, 0.5) is 0 Å². The quantitative estimate of drug-likeness (QED) is 0.842. The highest BCUT2D eigenvalue weighted by atomic mass is 16.5. The van der Waals surface area contributed by atoms with Crippen LogP contribution in [0.25, 0.3) is 0 Å². The highest BCUT2D eigenvalue weighted by Crippen LogP contribution is 2.19. The predicted molar refractivity (Wildman–Crippen MR) is 70.4 cm³/mol. The Kier molecular flexibility index (Phi) is 4.40. The van der Waals surface area contributed by atoms with Crippen LogP contribution in [0, 0.1) is 0 Å². The minimum Gasteiger partial charge on any atom is -0.496 e. The number of likely N-dealkylation sites (N-methyl/N-ethyl adjacent to an activating group) is 1. The predicted octanol–water partition coefficient (Wildman–Crippen LogP) is 1.88. The van der Waals surface area contributed by atoms with Crippen molar-refractivity contribution in [2.45, 2.75) is 25.4 Å². The van der Waals surface area contributed by atoms with Crippen LogP contribution in [-0.4, -0.2) is 38.2 Å². The zero-order chi connectivity index (χ0) is 12.1. The Bertz CT molecular complexity index is 348. The molecular weight excluding hydrogens is 212 g/mol. The Balaban J connectivity index is 1.90. The number of para-hydroxylation sites is 1. The van der Waals surface area contributed by atoms with Gasteiger partial charge in [0.25, 0.3) is 0 Å². The van der Waals surface area contributed by atoms with Crippen LogP contribution >= 0.6 is 0 Å². The van der Waals surface area contributed by atoms with Crippen LogP contribution in [0.5, 0.6) is 5.75 Å². The fourth-order valence-electron chi connectivity index (χ4n) is 2.48. The lowest BCUT2D eigenvalue weighted by Gasteiger charge is -2.22. The molecule has 0 amide bonds. The fourth-order valence-corrected chi connectivity index (χ4v) is 2.48. The van der Waals surface area contributed by atoms with E-state index >= 15 is 0 Å². The van der Waals surface area contributed by atoms with Crippen molar-refractivity contribution in [3.8, 4) is 5.75 Å². The number of nitrogens with zero attached hydrogens (tertiary/aromatic N) is 1. The molecular formula is C14H22N2O. The zero-order valence-electron chi connectivity index (χ0n) is 10.8. The van der Waals surface area contributed by atoms with Gasteiger partial charge in [-0.25, -0.2) is 0 Å².